The van der Waals surface area contributed by atoms with Crippen molar-refractivity contribution < 1.29 is 9.90 Å². The number of likely N-dealkylation sites (tertiary alicyclic amines) is 1. The molecule has 2 fully saturated rings. The van der Waals surface area contributed by atoms with Crippen LogP contribution in [0, 0.1) is 5.41 Å². The first-order chi connectivity index (χ1) is 9.61. The van der Waals surface area contributed by atoms with Gasteiger partial charge >= 0.3 is 5.97 Å². The van der Waals surface area contributed by atoms with Crippen molar-refractivity contribution in [3.05, 3.63) is 34.3 Å². The number of carbonyl (C=O) groups is 1. The monoisotopic (exact) mass is 337 g/mol. The van der Waals surface area contributed by atoms with E-state index in [0.29, 0.717) is 5.41 Å². The number of carboxylic acids is 1. The number of halogens is 1. The first-order valence-electron chi connectivity index (χ1n) is 7.33. The minimum Gasteiger partial charge on any atom is -0.480 e. The predicted molar refractivity (Wildman–Crippen MR) is 81.6 cm³/mol. The molecule has 0 aromatic heterocycles. The number of benzene rings is 1. The van der Waals surface area contributed by atoms with E-state index in [9.17, 15) is 9.90 Å². The van der Waals surface area contributed by atoms with Gasteiger partial charge < -0.3 is 5.11 Å². The van der Waals surface area contributed by atoms with Crippen LogP contribution in [0.5, 0.6) is 0 Å². The number of rotatable bonds is 3. The summed E-state index contributed by atoms with van der Waals surface area (Å²) in [5, 5.41) is 9.68. The fourth-order valence-corrected chi connectivity index (χ4v) is 3.89. The highest BCUT2D eigenvalue weighted by atomic mass is 79.9. The van der Waals surface area contributed by atoms with Crippen molar-refractivity contribution in [1.29, 1.82) is 0 Å². The fourth-order valence-electron chi connectivity index (χ4n) is 3.39. The van der Waals surface area contributed by atoms with Crippen molar-refractivity contribution in [3.8, 4) is 0 Å². The molecule has 1 heterocycles. The molecule has 20 heavy (non-hydrogen) atoms. The Balaban J connectivity index is 1.83. The summed E-state index contributed by atoms with van der Waals surface area (Å²) in [4.78, 5) is 13.9. The summed E-state index contributed by atoms with van der Waals surface area (Å²) >= 11 is 3.50. The van der Waals surface area contributed by atoms with Crippen LogP contribution in [0.3, 0.4) is 0 Å². The molecule has 4 heteroatoms. The predicted octanol–water partition coefficient (Wildman–Crippen LogP) is 3.84. The molecule has 3 rings (SSSR count). The molecule has 1 aromatic carbocycles. The Morgan fingerprint density at radius 2 is 1.95 bits per heavy atom. The SMILES string of the molecule is O=C(O)C(c1ccccc1Br)N1CCCC2(CC1)CC2. The highest BCUT2D eigenvalue weighted by Gasteiger charge is 2.44. The Labute approximate surface area is 128 Å². The standard InChI is InChI=1S/C16H20BrNO2/c17-13-5-2-1-4-12(13)14(15(19)20)18-10-3-6-16(7-8-16)9-11-18/h1-2,4-5,14H,3,6-11H2,(H,19,20). The molecule has 1 N–H and O–H groups in total. The normalized spacial score (nSPS) is 23.2. The van der Waals surface area contributed by atoms with Crippen LogP contribution in [0.25, 0.3) is 0 Å². The van der Waals surface area contributed by atoms with E-state index in [-0.39, 0.29) is 0 Å². The first-order valence-corrected chi connectivity index (χ1v) is 8.12. The molecule has 1 saturated heterocycles. The molecule has 1 spiro atoms. The van der Waals surface area contributed by atoms with Gasteiger partial charge in [-0.2, -0.15) is 0 Å². The number of hydrogen-bond donors (Lipinski definition) is 1. The minimum atomic E-state index is -0.747. The Hall–Kier alpha value is -0.870. The summed E-state index contributed by atoms with van der Waals surface area (Å²) in [6, 6.07) is 7.15. The van der Waals surface area contributed by atoms with E-state index >= 15 is 0 Å². The van der Waals surface area contributed by atoms with Crippen LogP contribution >= 0.6 is 15.9 Å². The van der Waals surface area contributed by atoms with Gasteiger partial charge in [0.25, 0.3) is 0 Å². The second kappa shape index (κ2) is 5.49. The van der Waals surface area contributed by atoms with Crippen molar-refractivity contribution in [2.45, 2.75) is 38.1 Å². The van der Waals surface area contributed by atoms with Gasteiger partial charge in [-0.25, -0.2) is 0 Å². The van der Waals surface area contributed by atoms with Crippen LogP contribution in [-0.2, 0) is 4.79 Å². The Kier molecular flexibility index (Phi) is 3.87. The van der Waals surface area contributed by atoms with E-state index in [0.717, 1.165) is 36.0 Å². The van der Waals surface area contributed by atoms with Crippen LogP contribution in [0.4, 0.5) is 0 Å². The molecule has 1 aromatic rings. The molecule has 1 unspecified atom stereocenters. The minimum absolute atomic E-state index is 0.528. The highest BCUT2D eigenvalue weighted by molar-refractivity contribution is 9.10. The molecule has 2 aliphatic rings. The third kappa shape index (κ3) is 2.77. The Morgan fingerprint density at radius 3 is 2.60 bits per heavy atom. The van der Waals surface area contributed by atoms with E-state index in [4.69, 9.17) is 0 Å². The summed E-state index contributed by atoms with van der Waals surface area (Å²) in [5.41, 5.74) is 1.43. The molecule has 1 saturated carbocycles. The maximum atomic E-state index is 11.8. The van der Waals surface area contributed by atoms with Gasteiger partial charge in [0.15, 0.2) is 0 Å². The fraction of sp³-hybridized carbons (Fsp3) is 0.562. The third-order valence-corrected chi connectivity index (χ3v) is 5.56. The van der Waals surface area contributed by atoms with Crippen LogP contribution in [0.15, 0.2) is 28.7 Å². The lowest BCUT2D eigenvalue weighted by Gasteiger charge is -2.28. The summed E-state index contributed by atoms with van der Waals surface area (Å²) in [7, 11) is 0. The zero-order chi connectivity index (χ0) is 14.2. The number of hydrogen-bond acceptors (Lipinski definition) is 2. The highest BCUT2D eigenvalue weighted by Crippen LogP contribution is 2.54. The van der Waals surface area contributed by atoms with E-state index in [1.54, 1.807) is 0 Å². The Morgan fingerprint density at radius 1 is 1.20 bits per heavy atom. The van der Waals surface area contributed by atoms with Crippen molar-refractivity contribution in [1.82, 2.24) is 4.90 Å². The van der Waals surface area contributed by atoms with E-state index in [1.165, 1.54) is 19.3 Å². The van der Waals surface area contributed by atoms with Gasteiger partial charge in [-0.3, -0.25) is 9.69 Å². The summed E-state index contributed by atoms with van der Waals surface area (Å²) < 4.78 is 0.887. The first kappa shape index (κ1) is 14.1. The van der Waals surface area contributed by atoms with Gasteiger partial charge in [-0.05, 0) is 62.2 Å². The summed E-state index contributed by atoms with van der Waals surface area (Å²) in [6.45, 7) is 1.79. The number of carboxylic acid groups (broad SMARTS) is 1. The molecule has 1 aliphatic heterocycles. The molecule has 3 nitrogen and oxygen atoms in total. The van der Waals surface area contributed by atoms with E-state index in [2.05, 4.69) is 20.8 Å². The second-order valence-electron chi connectivity index (χ2n) is 6.15. The largest absolute Gasteiger partial charge is 0.480 e. The topological polar surface area (TPSA) is 40.5 Å². The van der Waals surface area contributed by atoms with Crippen LogP contribution in [-0.4, -0.2) is 29.1 Å². The maximum Gasteiger partial charge on any atom is 0.325 e. The molecule has 1 atom stereocenters. The average molecular weight is 338 g/mol. The van der Waals surface area contributed by atoms with Gasteiger partial charge in [0, 0.05) is 4.47 Å². The molecule has 0 radical (unpaired) electrons. The van der Waals surface area contributed by atoms with Crippen molar-refractivity contribution in [2.75, 3.05) is 13.1 Å². The molecular weight excluding hydrogens is 318 g/mol. The summed E-state index contributed by atoms with van der Waals surface area (Å²) in [6.07, 6.45) is 6.22. The number of aliphatic carboxylic acids is 1. The van der Waals surface area contributed by atoms with E-state index in [1.807, 2.05) is 24.3 Å². The van der Waals surface area contributed by atoms with Crippen molar-refractivity contribution in [2.24, 2.45) is 5.41 Å². The molecule has 0 amide bonds. The average Bonchev–Trinajstić information content (AvgIpc) is 3.21. The smallest absolute Gasteiger partial charge is 0.325 e. The lowest BCUT2D eigenvalue weighted by molar-refractivity contribution is -0.143. The van der Waals surface area contributed by atoms with Crippen LogP contribution < -0.4 is 0 Å². The van der Waals surface area contributed by atoms with Gasteiger partial charge in [0.2, 0.25) is 0 Å². The third-order valence-electron chi connectivity index (χ3n) is 4.84. The maximum absolute atomic E-state index is 11.8. The number of nitrogens with zero attached hydrogens (tertiary/aromatic N) is 1. The van der Waals surface area contributed by atoms with Crippen molar-refractivity contribution in [3.63, 3.8) is 0 Å². The van der Waals surface area contributed by atoms with Crippen LogP contribution in [0.2, 0.25) is 0 Å². The molecule has 0 bridgehead atoms. The second-order valence-corrected chi connectivity index (χ2v) is 7.01. The zero-order valence-electron chi connectivity index (χ0n) is 11.5. The van der Waals surface area contributed by atoms with Gasteiger partial charge in [0.05, 0.1) is 0 Å². The van der Waals surface area contributed by atoms with Gasteiger partial charge in [-0.15, -0.1) is 0 Å². The summed E-state index contributed by atoms with van der Waals surface area (Å²) in [5.74, 6) is -0.747. The quantitative estimate of drug-likeness (QED) is 0.910. The Bertz CT molecular complexity index is 513. The van der Waals surface area contributed by atoms with Crippen molar-refractivity contribution >= 4 is 21.9 Å². The van der Waals surface area contributed by atoms with Gasteiger partial charge in [-0.1, -0.05) is 34.1 Å². The van der Waals surface area contributed by atoms with Crippen LogP contribution in [0.1, 0.15) is 43.7 Å². The molecule has 108 valence electrons. The van der Waals surface area contributed by atoms with E-state index < -0.39 is 12.0 Å². The lowest BCUT2D eigenvalue weighted by Crippen LogP contribution is -2.35. The lowest BCUT2D eigenvalue weighted by atomic mass is 9.98. The zero-order valence-corrected chi connectivity index (χ0v) is 13.1. The van der Waals surface area contributed by atoms with Gasteiger partial charge in [0.1, 0.15) is 6.04 Å². The molecule has 1 aliphatic carbocycles. The molecular formula is C16H20BrNO2.